The summed E-state index contributed by atoms with van der Waals surface area (Å²) in [5.41, 5.74) is 3.03. The van der Waals surface area contributed by atoms with Crippen molar-refractivity contribution in [2.24, 2.45) is 0 Å². The predicted molar refractivity (Wildman–Crippen MR) is 144 cm³/mol. The predicted octanol–water partition coefficient (Wildman–Crippen LogP) is 7.22. The highest BCUT2D eigenvalue weighted by Gasteiger charge is 2.32. The first kappa shape index (κ1) is 23.9. The number of halogens is 1. The average Bonchev–Trinajstić information content (AvgIpc) is 3.07. The van der Waals surface area contributed by atoms with Crippen LogP contribution in [-0.2, 0) is 11.3 Å². The SMILES string of the molecule is Cc1ccc(OCCSc2ccc(Cl)cc2)c(C=C2SC(=S)N(Cc3ccccc3)C2=O)c1. The summed E-state index contributed by atoms with van der Waals surface area (Å²) in [5, 5.41) is 0.731. The molecule has 0 aliphatic carbocycles. The number of ether oxygens (including phenoxy) is 1. The molecule has 0 aromatic heterocycles. The van der Waals surface area contributed by atoms with E-state index in [4.69, 9.17) is 28.6 Å². The van der Waals surface area contributed by atoms with Crippen LogP contribution in [-0.4, -0.2) is 27.5 Å². The van der Waals surface area contributed by atoms with Crippen LogP contribution in [0.5, 0.6) is 5.75 Å². The van der Waals surface area contributed by atoms with Crippen molar-refractivity contribution in [1.82, 2.24) is 4.90 Å². The first-order valence-corrected chi connectivity index (χ1v) is 13.0. The molecule has 0 saturated carbocycles. The molecule has 33 heavy (non-hydrogen) atoms. The van der Waals surface area contributed by atoms with Gasteiger partial charge in [0.1, 0.15) is 10.1 Å². The molecule has 0 N–H and O–H groups in total. The van der Waals surface area contributed by atoms with Crippen LogP contribution >= 0.6 is 47.3 Å². The van der Waals surface area contributed by atoms with Crippen molar-refractivity contribution in [3.63, 3.8) is 0 Å². The highest BCUT2D eigenvalue weighted by atomic mass is 35.5. The summed E-state index contributed by atoms with van der Waals surface area (Å²) in [7, 11) is 0. The lowest BCUT2D eigenvalue weighted by atomic mass is 10.1. The Balaban J connectivity index is 1.43. The van der Waals surface area contributed by atoms with Crippen LogP contribution in [0.4, 0.5) is 0 Å². The highest BCUT2D eigenvalue weighted by molar-refractivity contribution is 8.26. The van der Waals surface area contributed by atoms with E-state index in [9.17, 15) is 4.79 Å². The molecule has 168 valence electrons. The molecule has 0 radical (unpaired) electrons. The Bertz CT molecular complexity index is 1180. The number of hydrogen-bond donors (Lipinski definition) is 0. The normalized spacial score (nSPS) is 14.8. The van der Waals surface area contributed by atoms with Crippen molar-refractivity contribution in [2.75, 3.05) is 12.4 Å². The minimum atomic E-state index is -0.0698. The highest BCUT2D eigenvalue weighted by Crippen LogP contribution is 2.35. The third kappa shape index (κ3) is 6.42. The number of rotatable bonds is 8. The Morgan fingerprint density at radius 2 is 1.85 bits per heavy atom. The number of nitrogens with zero attached hydrogens (tertiary/aromatic N) is 1. The van der Waals surface area contributed by atoms with Crippen LogP contribution in [0.3, 0.4) is 0 Å². The van der Waals surface area contributed by atoms with Gasteiger partial charge in [-0.15, -0.1) is 11.8 Å². The monoisotopic (exact) mass is 511 g/mol. The van der Waals surface area contributed by atoms with Crippen molar-refractivity contribution in [1.29, 1.82) is 0 Å². The molecule has 1 amide bonds. The summed E-state index contributed by atoms with van der Waals surface area (Å²) in [6.07, 6.45) is 1.89. The minimum Gasteiger partial charge on any atom is -0.492 e. The van der Waals surface area contributed by atoms with Gasteiger partial charge in [0.15, 0.2) is 0 Å². The molecule has 0 unspecified atom stereocenters. The number of carbonyl (C=O) groups is 1. The van der Waals surface area contributed by atoms with E-state index in [1.165, 1.54) is 11.8 Å². The van der Waals surface area contributed by atoms with Gasteiger partial charge < -0.3 is 4.74 Å². The zero-order chi connectivity index (χ0) is 23.2. The van der Waals surface area contributed by atoms with Crippen molar-refractivity contribution in [3.8, 4) is 5.75 Å². The lowest BCUT2D eigenvalue weighted by molar-refractivity contribution is -0.122. The largest absolute Gasteiger partial charge is 0.492 e. The van der Waals surface area contributed by atoms with Gasteiger partial charge >= 0.3 is 0 Å². The third-order valence-corrected chi connectivity index (χ3v) is 7.54. The van der Waals surface area contributed by atoms with Gasteiger partial charge in [-0.1, -0.05) is 77.5 Å². The molecule has 0 spiro atoms. The second-order valence-corrected chi connectivity index (χ2v) is 10.7. The van der Waals surface area contributed by atoms with E-state index in [-0.39, 0.29) is 5.91 Å². The summed E-state index contributed by atoms with van der Waals surface area (Å²) in [4.78, 5) is 16.5. The van der Waals surface area contributed by atoms with Crippen molar-refractivity contribution < 1.29 is 9.53 Å². The Labute approximate surface area is 213 Å². The van der Waals surface area contributed by atoms with E-state index >= 15 is 0 Å². The molecule has 1 aliphatic heterocycles. The molecular formula is C26H22ClNO2S3. The van der Waals surface area contributed by atoms with Crippen LogP contribution in [0, 0.1) is 6.92 Å². The Kier molecular flexibility index (Phi) is 8.15. The van der Waals surface area contributed by atoms with Crippen LogP contribution in [0.2, 0.25) is 5.02 Å². The van der Waals surface area contributed by atoms with Crippen LogP contribution in [0.25, 0.3) is 6.08 Å². The van der Waals surface area contributed by atoms with Gasteiger partial charge in [-0.3, -0.25) is 9.69 Å². The Morgan fingerprint density at radius 1 is 1.09 bits per heavy atom. The van der Waals surface area contributed by atoms with Gasteiger partial charge in [0, 0.05) is 21.2 Å². The molecule has 1 heterocycles. The van der Waals surface area contributed by atoms with E-state index in [1.54, 1.807) is 16.7 Å². The lowest BCUT2D eigenvalue weighted by Crippen LogP contribution is -2.27. The summed E-state index contributed by atoms with van der Waals surface area (Å²) in [6.45, 7) is 3.05. The quantitative estimate of drug-likeness (QED) is 0.138. The van der Waals surface area contributed by atoms with E-state index in [0.717, 1.165) is 38.1 Å². The Hall–Kier alpha value is -2.25. The second-order valence-electron chi connectivity index (χ2n) is 7.45. The molecule has 3 aromatic rings. The Morgan fingerprint density at radius 3 is 2.61 bits per heavy atom. The van der Waals surface area contributed by atoms with E-state index in [1.807, 2.05) is 85.8 Å². The van der Waals surface area contributed by atoms with Gasteiger partial charge in [-0.25, -0.2) is 0 Å². The van der Waals surface area contributed by atoms with E-state index in [2.05, 4.69) is 0 Å². The molecule has 1 saturated heterocycles. The molecule has 1 fully saturated rings. The van der Waals surface area contributed by atoms with Gasteiger partial charge in [0.25, 0.3) is 5.91 Å². The van der Waals surface area contributed by atoms with Crippen LogP contribution < -0.4 is 4.74 Å². The molecule has 7 heteroatoms. The second kappa shape index (κ2) is 11.3. The number of carbonyl (C=O) groups excluding carboxylic acids is 1. The number of benzene rings is 3. The summed E-state index contributed by atoms with van der Waals surface area (Å²) in [6, 6.07) is 23.7. The van der Waals surface area contributed by atoms with Gasteiger partial charge in [-0.05, 0) is 55.0 Å². The fourth-order valence-electron chi connectivity index (χ4n) is 3.30. The number of aryl methyl sites for hydroxylation is 1. The first-order chi connectivity index (χ1) is 16.0. The lowest BCUT2D eigenvalue weighted by Gasteiger charge is -2.14. The van der Waals surface area contributed by atoms with Crippen molar-refractivity contribution in [2.45, 2.75) is 18.4 Å². The summed E-state index contributed by atoms with van der Waals surface area (Å²) >= 11 is 14.5. The maximum Gasteiger partial charge on any atom is 0.266 e. The van der Waals surface area contributed by atoms with Gasteiger partial charge in [0.05, 0.1) is 18.1 Å². The maximum atomic E-state index is 13.1. The van der Waals surface area contributed by atoms with E-state index < -0.39 is 0 Å². The fraction of sp³-hybridized carbons (Fsp3) is 0.154. The molecule has 0 atom stereocenters. The fourth-order valence-corrected chi connectivity index (χ4v) is 5.40. The number of amides is 1. The van der Waals surface area contributed by atoms with Crippen LogP contribution in [0.15, 0.2) is 82.6 Å². The van der Waals surface area contributed by atoms with Gasteiger partial charge in [0.2, 0.25) is 0 Å². The molecule has 3 nitrogen and oxygen atoms in total. The molecular weight excluding hydrogens is 490 g/mol. The zero-order valence-corrected chi connectivity index (χ0v) is 21.2. The number of thiocarbonyl (C=S) groups is 1. The summed E-state index contributed by atoms with van der Waals surface area (Å²) in [5.74, 6) is 1.49. The van der Waals surface area contributed by atoms with Crippen molar-refractivity contribution in [3.05, 3.63) is 99.4 Å². The number of hydrogen-bond acceptors (Lipinski definition) is 5. The molecule has 3 aromatic carbocycles. The van der Waals surface area contributed by atoms with E-state index in [0.29, 0.717) is 22.4 Å². The van der Waals surface area contributed by atoms with Crippen LogP contribution in [0.1, 0.15) is 16.7 Å². The topological polar surface area (TPSA) is 29.5 Å². The first-order valence-electron chi connectivity index (χ1n) is 10.4. The molecule has 4 rings (SSSR count). The average molecular weight is 512 g/mol. The third-order valence-electron chi connectivity index (χ3n) is 4.93. The summed E-state index contributed by atoms with van der Waals surface area (Å²) < 4.78 is 6.65. The standard InChI is InChI=1S/C26H22ClNO2S3/c1-18-7-12-23(30-13-14-32-22-10-8-21(27)9-11-22)20(15-18)16-24-25(29)28(26(31)33-24)17-19-5-3-2-4-6-19/h2-12,15-16H,13-14,17H2,1H3. The van der Waals surface area contributed by atoms with Crippen molar-refractivity contribution >= 4 is 63.6 Å². The zero-order valence-electron chi connectivity index (χ0n) is 18.0. The maximum absolute atomic E-state index is 13.1. The number of thioether (sulfide) groups is 2. The molecule has 0 bridgehead atoms. The minimum absolute atomic E-state index is 0.0698. The smallest absolute Gasteiger partial charge is 0.266 e. The van der Waals surface area contributed by atoms with Gasteiger partial charge in [-0.2, -0.15) is 0 Å². The molecule has 1 aliphatic rings.